The molecule has 0 unspecified atom stereocenters. The summed E-state index contributed by atoms with van der Waals surface area (Å²) in [6.07, 6.45) is 0.0268. The van der Waals surface area contributed by atoms with Gasteiger partial charge in [0.1, 0.15) is 0 Å². The Hall–Kier alpha value is -1.16. The van der Waals surface area contributed by atoms with E-state index in [0.717, 1.165) is 0 Å². The molecule has 5 heteroatoms. The van der Waals surface area contributed by atoms with Gasteiger partial charge < -0.3 is 5.11 Å². The normalized spacial score (nSPS) is 11.5. The molecular formula is C12H13ClF2O2. The molecule has 1 N–H and O–H groups in total. The van der Waals surface area contributed by atoms with E-state index in [2.05, 4.69) is 0 Å². The largest absolute Gasteiger partial charge is 0.481 e. The smallest absolute Gasteiger partial charge is 0.303 e. The molecule has 0 fully saturated rings. The first kappa shape index (κ1) is 13.9. The van der Waals surface area contributed by atoms with Crippen molar-refractivity contribution in [1.29, 1.82) is 0 Å². The lowest BCUT2D eigenvalue weighted by molar-refractivity contribution is -0.137. The van der Waals surface area contributed by atoms with Gasteiger partial charge in [-0.05, 0) is 25.0 Å². The minimum absolute atomic E-state index is 0.0727. The number of benzene rings is 1. The molecule has 0 saturated heterocycles. The van der Waals surface area contributed by atoms with Crippen LogP contribution >= 0.6 is 11.6 Å². The Balaban J connectivity index is 2.50. The second-order valence-electron chi connectivity index (χ2n) is 3.81. The van der Waals surface area contributed by atoms with E-state index in [1.54, 1.807) is 0 Å². The maximum absolute atomic E-state index is 13.6. The molecule has 0 spiro atoms. The number of hydrogen-bond donors (Lipinski definition) is 1. The van der Waals surface area contributed by atoms with Gasteiger partial charge >= 0.3 is 5.97 Å². The monoisotopic (exact) mass is 262 g/mol. The van der Waals surface area contributed by atoms with Crippen molar-refractivity contribution in [2.75, 3.05) is 0 Å². The highest BCUT2D eigenvalue weighted by atomic mass is 35.5. The fraction of sp³-hybridized carbons (Fsp3) is 0.417. The molecule has 1 rings (SSSR count). The van der Waals surface area contributed by atoms with E-state index < -0.39 is 11.9 Å². The Labute approximate surface area is 103 Å². The summed E-state index contributed by atoms with van der Waals surface area (Å²) >= 11 is 5.61. The Morgan fingerprint density at radius 1 is 1.24 bits per heavy atom. The molecule has 0 radical (unpaired) electrons. The second kappa shape index (κ2) is 5.96. The molecule has 1 aromatic rings. The van der Waals surface area contributed by atoms with Gasteiger partial charge in [-0.2, -0.15) is 0 Å². The second-order valence-corrected chi connectivity index (χ2v) is 4.25. The molecular weight excluding hydrogens is 250 g/mol. The number of carboxylic acid groups (broad SMARTS) is 1. The third-order valence-electron chi connectivity index (χ3n) is 2.40. The highest BCUT2D eigenvalue weighted by Gasteiger charge is 2.30. The number of carbonyl (C=O) groups is 1. The van der Waals surface area contributed by atoms with Crippen LogP contribution in [0.2, 0.25) is 5.02 Å². The first-order valence-electron chi connectivity index (χ1n) is 5.27. The van der Waals surface area contributed by atoms with Gasteiger partial charge in [0.25, 0.3) is 5.92 Å². The molecule has 0 heterocycles. The van der Waals surface area contributed by atoms with E-state index in [4.69, 9.17) is 16.7 Å². The highest BCUT2D eigenvalue weighted by molar-refractivity contribution is 6.30. The van der Waals surface area contributed by atoms with Crippen LogP contribution in [0.5, 0.6) is 0 Å². The van der Waals surface area contributed by atoms with Gasteiger partial charge in [0.05, 0.1) is 0 Å². The third kappa shape index (κ3) is 4.69. The van der Waals surface area contributed by atoms with Crippen molar-refractivity contribution < 1.29 is 18.7 Å². The van der Waals surface area contributed by atoms with Gasteiger partial charge in [-0.25, -0.2) is 8.78 Å². The summed E-state index contributed by atoms with van der Waals surface area (Å²) in [5.41, 5.74) is -0.0859. The average Bonchev–Trinajstić information content (AvgIpc) is 2.25. The third-order valence-corrected chi connectivity index (χ3v) is 2.65. The van der Waals surface area contributed by atoms with E-state index in [-0.39, 0.29) is 31.2 Å². The summed E-state index contributed by atoms with van der Waals surface area (Å²) in [5.74, 6) is -3.89. The number of carboxylic acids is 1. The summed E-state index contributed by atoms with van der Waals surface area (Å²) in [6.45, 7) is 0. The number of aliphatic carboxylic acids is 1. The van der Waals surface area contributed by atoms with Crippen LogP contribution in [0.3, 0.4) is 0 Å². The summed E-state index contributed by atoms with van der Waals surface area (Å²) in [4.78, 5) is 10.2. The topological polar surface area (TPSA) is 37.3 Å². The van der Waals surface area contributed by atoms with E-state index in [9.17, 15) is 13.6 Å². The Morgan fingerprint density at radius 3 is 2.35 bits per heavy atom. The number of alkyl halides is 2. The van der Waals surface area contributed by atoms with Gasteiger partial charge in [0.15, 0.2) is 0 Å². The lowest BCUT2D eigenvalue weighted by Crippen LogP contribution is -2.13. The lowest BCUT2D eigenvalue weighted by atomic mass is 10.0. The highest BCUT2D eigenvalue weighted by Crippen LogP contribution is 2.33. The zero-order chi connectivity index (χ0) is 12.9. The van der Waals surface area contributed by atoms with E-state index in [1.165, 1.54) is 24.3 Å². The summed E-state index contributed by atoms with van der Waals surface area (Å²) in [5, 5.41) is 8.80. The predicted octanol–water partition coefficient (Wildman–Crippen LogP) is 4.08. The van der Waals surface area contributed by atoms with Crippen LogP contribution in [0, 0.1) is 0 Å². The van der Waals surface area contributed by atoms with Gasteiger partial charge in [0.2, 0.25) is 0 Å². The minimum Gasteiger partial charge on any atom is -0.481 e. The quantitative estimate of drug-likeness (QED) is 0.785. The van der Waals surface area contributed by atoms with Crippen molar-refractivity contribution in [2.24, 2.45) is 0 Å². The fourth-order valence-corrected chi connectivity index (χ4v) is 1.59. The lowest BCUT2D eigenvalue weighted by Gasteiger charge is -2.16. The fourth-order valence-electron chi connectivity index (χ4n) is 1.46. The van der Waals surface area contributed by atoms with Crippen LogP contribution < -0.4 is 0 Å². The molecule has 2 nitrogen and oxygen atoms in total. The number of rotatable bonds is 6. The van der Waals surface area contributed by atoms with Gasteiger partial charge in [0, 0.05) is 23.4 Å². The van der Waals surface area contributed by atoms with Gasteiger partial charge in [-0.15, -0.1) is 0 Å². The maximum atomic E-state index is 13.6. The molecule has 1 aromatic carbocycles. The summed E-state index contributed by atoms with van der Waals surface area (Å²) in [7, 11) is 0. The predicted molar refractivity (Wildman–Crippen MR) is 61.4 cm³/mol. The Kier molecular flexibility index (Phi) is 4.87. The summed E-state index contributed by atoms with van der Waals surface area (Å²) in [6, 6.07) is 5.42. The van der Waals surface area contributed by atoms with Gasteiger partial charge in [-0.3, -0.25) is 4.79 Å². The molecule has 0 aliphatic carbocycles. The van der Waals surface area contributed by atoms with Crippen LogP contribution in [0.25, 0.3) is 0 Å². The average molecular weight is 263 g/mol. The van der Waals surface area contributed by atoms with Crippen molar-refractivity contribution in [3.63, 3.8) is 0 Å². The number of halogens is 3. The molecule has 0 bridgehead atoms. The molecule has 0 aliphatic rings. The number of hydrogen-bond acceptors (Lipinski definition) is 1. The first-order valence-corrected chi connectivity index (χ1v) is 5.65. The minimum atomic E-state index is -2.93. The van der Waals surface area contributed by atoms with Gasteiger partial charge in [-0.1, -0.05) is 23.7 Å². The molecule has 0 aromatic heterocycles. The molecule has 0 saturated carbocycles. The van der Waals surface area contributed by atoms with Crippen LogP contribution in [-0.4, -0.2) is 11.1 Å². The van der Waals surface area contributed by atoms with E-state index in [0.29, 0.717) is 5.02 Å². The van der Waals surface area contributed by atoms with Crippen LogP contribution in [0.15, 0.2) is 24.3 Å². The van der Waals surface area contributed by atoms with Crippen molar-refractivity contribution in [3.8, 4) is 0 Å². The van der Waals surface area contributed by atoms with Crippen LogP contribution in [0.1, 0.15) is 31.2 Å². The Morgan fingerprint density at radius 2 is 1.82 bits per heavy atom. The first-order chi connectivity index (χ1) is 7.92. The van der Waals surface area contributed by atoms with E-state index >= 15 is 0 Å². The molecule has 94 valence electrons. The number of unbranched alkanes of at least 4 members (excludes halogenated alkanes) is 1. The molecule has 0 atom stereocenters. The van der Waals surface area contributed by atoms with Crippen molar-refractivity contribution in [3.05, 3.63) is 34.9 Å². The SMILES string of the molecule is O=C(O)CCCCC(F)(F)c1ccc(Cl)cc1. The zero-order valence-corrected chi connectivity index (χ0v) is 9.88. The van der Waals surface area contributed by atoms with E-state index in [1.807, 2.05) is 0 Å². The zero-order valence-electron chi connectivity index (χ0n) is 9.13. The standard InChI is InChI=1S/C12H13ClF2O2/c13-10-6-4-9(5-7-10)12(14,15)8-2-1-3-11(16)17/h4-7H,1-3,8H2,(H,16,17). The van der Waals surface area contributed by atoms with Crippen LogP contribution in [-0.2, 0) is 10.7 Å². The van der Waals surface area contributed by atoms with Crippen molar-refractivity contribution in [1.82, 2.24) is 0 Å². The van der Waals surface area contributed by atoms with Crippen LogP contribution in [0.4, 0.5) is 8.78 Å². The molecule has 17 heavy (non-hydrogen) atoms. The Bertz CT molecular complexity index is 377. The van der Waals surface area contributed by atoms with Crippen molar-refractivity contribution >= 4 is 17.6 Å². The maximum Gasteiger partial charge on any atom is 0.303 e. The molecule has 0 aliphatic heterocycles. The molecule has 0 amide bonds. The summed E-state index contributed by atoms with van der Waals surface area (Å²) < 4.78 is 27.2. The van der Waals surface area contributed by atoms with Crippen molar-refractivity contribution in [2.45, 2.75) is 31.6 Å².